The molecule has 1 heterocycles. The Hall–Kier alpha value is -0.491. The summed E-state index contributed by atoms with van der Waals surface area (Å²) in [6.07, 6.45) is 7.74. The van der Waals surface area contributed by atoms with E-state index in [0.29, 0.717) is 14.5 Å². The summed E-state index contributed by atoms with van der Waals surface area (Å²) in [4.78, 5) is 0. The van der Waals surface area contributed by atoms with Crippen molar-refractivity contribution in [3.05, 3.63) is 44.2 Å². The molecule has 0 fully saturated rings. The van der Waals surface area contributed by atoms with Gasteiger partial charge in [0, 0.05) is 0 Å². The number of hydrogen-bond donors (Lipinski definition) is 0. The first kappa shape index (κ1) is 15.9. The summed E-state index contributed by atoms with van der Waals surface area (Å²) >= 11 is 6.59. The van der Waals surface area contributed by atoms with E-state index >= 15 is 0 Å². The molecule has 108 valence electrons. The molecule has 2 heteroatoms. The van der Waals surface area contributed by atoms with Gasteiger partial charge in [-0.2, -0.15) is 0 Å². The fourth-order valence-corrected chi connectivity index (χ4v) is 5.15. The van der Waals surface area contributed by atoms with Crippen molar-refractivity contribution in [1.82, 2.24) is 0 Å². The molecule has 0 amide bonds. The van der Waals surface area contributed by atoms with E-state index in [1.165, 1.54) is 49.7 Å². The average molecular weight is 354 g/mol. The van der Waals surface area contributed by atoms with Crippen molar-refractivity contribution >= 4 is 26.1 Å². The molecule has 1 aromatic carbocycles. The summed E-state index contributed by atoms with van der Waals surface area (Å²) in [7, 11) is 0. The molecule has 0 aliphatic heterocycles. The molecule has 20 heavy (non-hydrogen) atoms. The predicted molar refractivity (Wildman–Crippen MR) is 91.1 cm³/mol. The second-order valence-corrected chi connectivity index (χ2v) is 8.26. The van der Waals surface area contributed by atoms with Crippen LogP contribution in [-0.2, 0) is 12.8 Å². The van der Waals surface area contributed by atoms with Crippen molar-refractivity contribution in [1.29, 1.82) is 0 Å². The van der Waals surface area contributed by atoms with Crippen LogP contribution in [0.2, 0.25) is 5.02 Å². The topological polar surface area (TPSA) is 0 Å². The SMILES string of the molecule is CCCCc1cc(-c2ccc(Cl)cc2)c(CCCC)[se]1. The van der Waals surface area contributed by atoms with Crippen molar-refractivity contribution in [2.75, 3.05) is 0 Å². The Morgan fingerprint density at radius 1 is 0.950 bits per heavy atom. The van der Waals surface area contributed by atoms with E-state index in [4.69, 9.17) is 11.6 Å². The monoisotopic (exact) mass is 354 g/mol. The Morgan fingerprint density at radius 3 is 2.25 bits per heavy atom. The van der Waals surface area contributed by atoms with Gasteiger partial charge in [0.2, 0.25) is 0 Å². The molecule has 0 saturated heterocycles. The van der Waals surface area contributed by atoms with Crippen LogP contribution >= 0.6 is 11.6 Å². The maximum atomic E-state index is 6.01. The van der Waals surface area contributed by atoms with E-state index in [1.54, 1.807) is 8.87 Å². The van der Waals surface area contributed by atoms with Crippen LogP contribution in [0.5, 0.6) is 0 Å². The van der Waals surface area contributed by atoms with Gasteiger partial charge in [0.05, 0.1) is 0 Å². The molecule has 2 rings (SSSR count). The van der Waals surface area contributed by atoms with E-state index in [-0.39, 0.29) is 0 Å². The zero-order chi connectivity index (χ0) is 14.4. The third kappa shape index (κ3) is 4.25. The van der Waals surface area contributed by atoms with Crippen LogP contribution in [0.25, 0.3) is 11.1 Å². The first-order chi connectivity index (χ1) is 9.74. The molecule has 0 unspecified atom stereocenters. The van der Waals surface area contributed by atoms with Gasteiger partial charge in [-0.1, -0.05) is 0 Å². The Bertz CT molecular complexity index is 525. The van der Waals surface area contributed by atoms with Crippen LogP contribution in [0.1, 0.15) is 48.4 Å². The normalized spacial score (nSPS) is 10.9. The van der Waals surface area contributed by atoms with Crippen LogP contribution in [0.3, 0.4) is 0 Å². The molecule has 0 nitrogen and oxygen atoms in total. The van der Waals surface area contributed by atoms with Gasteiger partial charge in [0.15, 0.2) is 0 Å². The Balaban J connectivity index is 2.27. The van der Waals surface area contributed by atoms with Crippen LogP contribution in [0.4, 0.5) is 0 Å². The van der Waals surface area contributed by atoms with Gasteiger partial charge in [-0.3, -0.25) is 0 Å². The molecule has 0 aliphatic carbocycles. The molecule has 0 N–H and O–H groups in total. The van der Waals surface area contributed by atoms with E-state index in [0.717, 1.165) is 5.02 Å². The second-order valence-electron chi connectivity index (χ2n) is 5.26. The predicted octanol–water partition coefficient (Wildman–Crippen LogP) is 5.75. The first-order valence-corrected chi connectivity index (χ1v) is 9.71. The molecule has 0 radical (unpaired) electrons. The van der Waals surface area contributed by atoms with E-state index in [2.05, 4.69) is 32.0 Å². The molecular formula is C18H23ClSe. The quantitative estimate of drug-likeness (QED) is 0.556. The molecule has 1 aromatic heterocycles. The third-order valence-electron chi connectivity index (χ3n) is 3.55. The minimum absolute atomic E-state index is 0.583. The zero-order valence-corrected chi connectivity index (χ0v) is 14.9. The maximum absolute atomic E-state index is 6.01. The fraction of sp³-hybridized carbons (Fsp3) is 0.444. The van der Waals surface area contributed by atoms with Gasteiger partial charge in [0.25, 0.3) is 0 Å². The van der Waals surface area contributed by atoms with Crippen molar-refractivity contribution in [2.45, 2.75) is 52.4 Å². The fourth-order valence-electron chi connectivity index (χ4n) is 2.36. The van der Waals surface area contributed by atoms with Crippen molar-refractivity contribution in [3.8, 4) is 11.1 Å². The molecule has 0 bridgehead atoms. The van der Waals surface area contributed by atoms with Gasteiger partial charge in [-0.05, 0) is 0 Å². The summed E-state index contributed by atoms with van der Waals surface area (Å²) < 4.78 is 3.36. The number of benzene rings is 1. The molecule has 0 saturated carbocycles. The summed E-state index contributed by atoms with van der Waals surface area (Å²) in [5.41, 5.74) is 2.83. The summed E-state index contributed by atoms with van der Waals surface area (Å²) in [6.45, 7) is 4.55. The molecule has 0 atom stereocenters. The number of unbranched alkanes of at least 4 members (excludes halogenated alkanes) is 2. The Labute approximate surface area is 133 Å². The minimum atomic E-state index is 0.583. The van der Waals surface area contributed by atoms with Crippen LogP contribution < -0.4 is 0 Å². The molecular weight excluding hydrogens is 331 g/mol. The van der Waals surface area contributed by atoms with Gasteiger partial charge in [0.1, 0.15) is 0 Å². The number of rotatable bonds is 7. The number of halogens is 1. The molecule has 2 aromatic rings. The van der Waals surface area contributed by atoms with Crippen molar-refractivity contribution < 1.29 is 0 Å². The average Bonchev–Trinajstić information content (AvgIpc) is 2.87. The van der Waals surface area contributed by atoms with Crippen LogP contribution in [0.15, 0.2) is 30.3 Å². The molecule has 0 aliphatic rings. The van der Waals surface area contributed by atoms with Gasteiger partial charge < -0.3 is 0 Å². The second kappa shape index (κ2) is 8.07. The standard InChI is InChI=1S/C18H23ClSe/c1-3-5-7-16-13-17(18(20-16)8-6-4-2)14-9-11-15(19)12-10-14/h9-13H,3-8H2,1-2H3. The van der Waals surface area contributed by atoms with Crippen molar-refractivity contribution in [3.63, 3.8) is 0 Å². The number of aryl methyl sites for hydroxylation is 2. The third-order valence-corrected chi connectivity index (χ3v) is 6.43. The zero-order valence-electron chi connectivity index (χ0n) is 12.4. The summed E-state index contributed by atoms with van der Waals surface area (Å²) in [5, 5.41) is 0.822. The van der Waals surface area contributed by atoms with Crippen molar-refractivity contribution in [2.24, 2.45) is 0 Å². The summed E-state index contributed by atoms with van der Waals surface area (Å²) in [6, 6.07) is 10.8. The van der Waals surface area contributed by atoms with Gasteiger partial charge >= 0.3 is 134 Å². The Kier molecular flexibility index (Phi) is 6.42. The summed E-state index contributed by atoms with van der Waals surface area (Å²) in [5.74, 6) is 0. The van der Waals surface area contributed by atoms with E-state index in [1.807, 2.05) is 12.1 Å². The van der Waals surface area contributed by atoms with Crippen LogP contribution in [-0.4, -0.2) is 14.5 Å². The van der Waals surface area contributed by atoms with Gasteiger partial charge in [-0.25, -0.2) is 0 Å². The van der Waals surface area contributed by atoms with Crippen LogP contribution in [0, 0.1) is 0 Å². The molecule has 0 spiro atoms. The first-order valence-electron chi connectivity index (χ1n) is 7.62. The Morgan fingerprint density at radius 2 is 1.60 bits per heavy atom. The number of hydrogen-bond acceptors (Lipinski definition) is 0. The van der Waals surface area contributed by atoms with E-state index < -0.39 is 0 Å². The van der Waals surface area contributed by atoms with Gasteiger partial charge in [-0.15, -0.1) is 0 Å². The van der Waals surface area contributed by atoms with E-state index in [9.17, 15) is 0 Å².